The molecule has 0 aromatic heterocycles. The van der Waals surface area contributed by atoms with Crippen molar-refractivity contribution in [1.82, 2.24) is 4.90 Å². The summed E-state index contributed by atoms with van der Waals surface area (Å²) in [6, 6.07) is 4.74. The second-order valence-corrected chi connectivity index (χ2v) is 5.34. The van der Waals surface area contributed by atoms with Crippen LogP contribution in [0, 0.1) is 6.92 Å². The van der Waals surface area contributed by atoms with E-state index in [2.05, 4.69) is 0 Å². The molecule has 0 heterocycles. The molecule has 4 heteroatoms. The molecule has 0 spiro atoms. The first kappa shape index (κ1) is 13.9. The number of hydrogen-bond donors (Lipinski definition) is 2. The van der Waals surface area contributed by atoms with E-state index in [9.17, 15) is 15.0 Å². The number of benzene rings is 1. The molecule has 1 aliphatic rings. The number of carbonyl (C=O) groups is 1. The largest absolute Gasteiger partial charge is 0.508 e. The number of rotatable bonds is 2. The smallest absolute Gasteiger partial charge is 0.253 e. The average Bonchev–Trinajstić information content (AvgIpc) is 2.41. The summed E-state index contributed by atoms with van der Waals surface area (Å²) in [6.45, 7) is 1.77. The van der Waals surface area contributed by atoms with Gasteiger partial charge in [0.05, 0.1) is 12.1 Å². The van der Waals surface area contributed by atoms with Gasteiger partial charge in [0.25, 0.3) is 5.91 Å². The van der Waals surface area contributed by atoms with Crippen LogP contribution in [-0.4, -0.2) is 40.2 Å². The van der Waals surface area contributed by atoms with Crippen molar-refractivity contribution < 1.29 is 15.0 Å². The van der Waals surface area contributed by atoms with Crippen LogP contribution in [-0.2, 0) is 0 Å². The molecule has 0 bridgehead atoms. The van der Waals surface area contributed by atoms with Crippen LogP contribution in [0.1, 0.15) is 41.6 Å². The Kier molecular flexibility index (Phi) is 4.10. The minimum atomic E-state index is -0.430. The van der Waals surface area contributed by atoms with Gasteiger partial charge in [-0.15, -0.1) is 0 Å². The summed E-state index contributed by atoms with van der Waals surface area (Å²) >= 11 is 0. The molecule has 1 aromatic rings. The van der Waals surface area contributed by atoms with Gasteiger partial charge in [-0.05, 0) is 43.5 Å². The Bertz CT molecular complexity index is 472. The molecule has 2 rings (SSSR count). The highest BCUT2D eigenvalue weighted by atomic mass is 16.3. The fraction of sp³-hybridized carbons (Fsp3) is 0.533. The van der Waals surface area contributed by atoms with Gasteiger partial charge < -0.3 is 15.1 Å². The Hall–Kier alpha value is -1.55. The Morgan fingerprint density at radius 3 is 2.63 bits per heavy atom. The number of aryl methyl sites for hydroxylation is 1. The molecule has 1 amide bonds. The molecule has 2 atom stereocenters. The fourth-order valence-corrected chi connectivity index (χ4v) is 2.69. The highest BCUT2D eigenvalue weighted by Gasteiger charge is 2.29. The Morgan fingerprint density at radius 2 is 2.00 bits per heavy atom. The Balaban J connectivity index is 2.15. The number of aromatic hydroxyl groups is 1. The molecule has 4 nitrogen and oxygen atoms in total. The van der Waals surface area contributed by atoms with Crippen LogP contribution in [0.4, 0.5) is 0 Å². The van der Waals surface area contributed by atoms with E-state index >= 15 is 0 Å². The first-order chi connectivity index (χ1) is 9.00. The number of amides is 1. The quantitative estimate of drug-likeness (QED) is 0.858. The van der Waals surface area contributed by atoms with Gasteiger partial charge >= 0.3 is 0 Å². The second kappa shape index (κ2) is 5.61. The lowest BCUT2D eigenvalue weighted by Gasteiger charge is -2.35. The maximum Gasteiger partial charge on any atom is 0.253 e. The molecule has 2 N–H and O–H groups in total. The van der Waals surface area contributed by atoms with Gasteiger partial charge in [-0.25, -0.2) is 0 Å². The van der Waals surface area contributed by atoms with Crippen molar-refractivity contribution in [2.24, 2.45) is 0 Å². The van der Waals surface area contributed by atoms with Crippen LogP contribution < -0.4 is 0 Å². The number of phenolic OH excluding ortho intramolecular Hbond substituents is 1. The standard InChI is InChI=1S/C15H21NO3/c1-10-9-11(7-8-13(10)17)15(19)16(2)12-5-3-4-6-14(12)18/h7-9,12,14,17-18H,3-6H2,1-2H3. The molecular weight excluding hydrogens is 242 g/mol. The van der Waals surface area contributed by atoms with Crippen molar-refractivity contribution in [3.8, 4) is 5.75 Å². The van der Waals surface area contributed by atoms with Gasteiger partial charge in [-0.3, -0.25) is 4.79 Å². The summed E-state index contributed by atoms with van der Waals surface area (Å²) in [6.07, 6.45) is 3.25. The maximum absolute atomic E-state index is 12.4. The van der Waals surface area contributed by atoms with Crippen LogP contribution in [0.15, 0.2) is 18.2 Å². The zero-order valence-corrected chi connectivity index (χ0v) is 11.5. The summed E-state index contributed by atoms with van der Waals surface area (Å²) in [5.41, 5.74) is 1.24. The number of aliphatic hydroxyl groups is 1. The minimum absolute atomic E-state index is 0.102. The molecule has 1 fully saturated rings. The van der Waals surface area contributed by atoms with E-state index in [-0.39, 0.29) is 17.7 Å². The molecule has 0 aliphatic heterocycles. The SMILES string of the molecule is Cc1cc(C(=O)N(C)C2CCCCC2O)ccc1O. The molecule has 1 saturated carbocycles. The van der Waals surface area contributed by atoms with Gasteiger partial charge in [0.2, 0.25) is 0 Å². The highest BCUT2D eigenvalue weighted by molar-refractivity contribution is 5.94. The predicted octanol–water partition coefficient (Wildman–Crippen LogP) is 2.08. The fourth-order valence-electron chi connectivity index (χ4n) is 2.69. The van der Waals surface area contributed by atoms with E-state index in [0.29, 0.717) is 11.1 Å². The average molecular weight is 263 g/mol. The van der Waals surface area contributed by atoms with Crippen molar-refractivity contribution in [3.05, 3.63) is 29.3 Å². The van der Waals surface area contributed by atoms with E-state index < -0.39 is 6.10 Å². The van der Waals surface area contributed by atoms with E-state index in [1.807, 2.05) is 0 Å². The Labute approximate surface area is 113 Å². The number of carbonyl (C=O) groups excluding carboxylic acids is 1. The molecule has 0 saturated heterocycles. The second-order valence-electron chi connectivity index (χ2n) is 5.34. The van der Waals surface area contributed by atoms with Gasteiger partial charge in [0, 0.05) is 12.6 Å². The van der Waals surface area contributed by atoms with E-state index in [1.54, 1.807) is 31.0 Å². The molecule has 0 radical (unpaired) electrons. The van der Waals surface area contributed by atoms with Crippen LogP contribution >= 0.6 is 0 Å². The van der Waals surface area contributed by atoms with E-state index in [4.69, 9.17) is 0 Å². The number of likely N-dealkylation sites (N-methyl/N-ethyl adjacent to an activating group) is 1. The zero-order chi connectivity index (χ0) is 14.0. The number of phenols is 1. The zero-order valence-electron chi connectivity index (χ0n) is 11.5. The summed E-state index contributed by atoms with van der Waals surface area (Å²) in [5.74, 6) is 0.0888. The third-order valence-corrected chi connectivity index (χ3v) is 3.96. The van der Waals surface area contributed by atoms with Crippen molar-refractivity contribution >= 4 is 5.91 Å². The first-order valence-corrected chi connectivity index (χ1v) is 6.75. The van der Waals surface area contributed by atoms with Gasteiger partial charge in [0.1, 0.15) is 5.75 Å². The van der Waals surface area contributed by atoms with Crippen LogP contribution in [0.3, 0.4) is 0 Å². The number of aliphatic hydroxyl groups excluding tert-OH is 1. The topological polar surface area (TPSA) is 60.8 Å². The maximum atomic E-state index is 12.4. The van der Waals surface area contributed by atoms with E-state index in [0.717, 1.165) is 25.7 Å². The lowest BCUT2D eigenvalue weighted by molar-refractivity contribution is 0.0268. The van der Waals surface area contributed by atoms with Crippen LogP contribution in [0.5, 0.6) is 5.75 Å². The summed E-state index contributed by atoms with van der Waals surface area (Å²) in [4.78, 5) is 14.0. The molecular formula is C15H21NO3. The molecule has 104 valence electrons. The van der Waals surface area contributed by atoms with Crippen LogP contribution in [0.2, 0.25) is 0 Å². The monoisotopic (exact) mass is 263 g/mol. The summed E-state index contributed by atoms with van der Waals surface area (Å²) < 4.78 is 0. The molecule has 1 aliphatic carbocycles. The third-order valence-electron chi connectivity index (χ3n) is 3.96. The van der Waals surface area contributed by atoms with Crippen molar-refractivity contribution in [1.29, 1.82) is 0 Å². The lowest BCUT2D eigenvalue weighted by Crippen LogP contribution is -2.46. The van der Waals surface area contributed by atoms with Gasteiger partial charge in [-0.2, -0.15) is 0 Å². The number of hydrogen-bond acceptors (Lipinski definition) is 3. The lowest BCUT2D eigenvalue weighted by atomic mass is 9.91. The molecule has 2 unspecified atom stereocenters. The predicted molar refractivity (Wildman–Crippen MR) is 73.2 cm³/mol. The Morgan fingerprint density at radius 1 is 1.32 bits per heavy atom. The minimum Gasteiger partial charge on any atom is -0.508 e. The summed E-state index contributed by atoms with van der Waals surface area (Å²) in [7, 11) is 1.74. The van der Waals surface area contributed by atoms with Crippen LogP contribution in [0.25, 0.3) is 0 Å². The first-order valence-electron chi connectivity index (χ1n) is 6.75. The van der Waals surface area contributed by atoms with Gasteiger partial charge in [-0.1, -0.05) is 12.8 Å². The van der Waals surface area contributed by atoms with Gasteiger partial charge in [0.15, 0.2) is 0 Å². The van der Waals surface area contributed by atoms with Crippen molar-refractivity contribution in [2.45, 2.75) is 44.8 Å². The summed E-state index contributed by atoms with van der Waals surface area (Å²) in [5, 5.41) is 19.5. The third kappa shape index (κ3) is 2.89. The normalized spacial score (nSPS) is 23.1. The highest BCUT2D eigenvalue weighted by Crippen LogP contribution is 2.24. The molecule has 19 heavy (non-hydrogen) atoms. The van der Waals surface area contributed by atoms with Crippen molar-refractivity contribution in [2.75, 3.05) is 7.05 Å². The number of nitrogens with zero attached hydrogens (tertiary/aromatic N) is 1. The van der Waals surface area contributed by atoms with Crippen molar-refractivity contribution in [3.63, 3.8) is 0 Å². The molecule has 1 aromatic carbocycles. The van der Waals surface area contributed by atoms with E-state index in [1.165, 1.54) is 6.07 Å².